The van der Waals surface area contributed by atoms with Crippen LogP contribution in [0.4, 0.5) is 0 Å². The minimum atomic E-state index is -0.120. The second kappa shape index (κ2) is 5.21. The van der Waals surface area contributed by atoms with Crippen molar-refractivity contribution in [2.75, 3.05) is 13.6 Å². The summed E-state index contributed by atoms with van der Waals surface area (Å²) in [6.07, 6.45) is 0.332. The van der Waals surface area contributed by atoms with Gasteiger partial charge in [0, 0.05) is 13.6 Å². The van der Waals surface area contributed by atoms with E-state index in [4.69, 9.17) is 5.26 Å². The predicted molar refractivity (Wildman–Crippen MR) is 58.7 cm³/mol. The molecule has 1 amide bonds. The first-order valence-corrected chi connectivity index (χ1v) is 4.99. The van der Waals surface area contributed by atoms with E-state index in [1.807, 2.05) is 6.07 Å². The molecule has 0 saturated heterocycles. The molecule has 0 bridgehead atoms. The van der Waals surface area contributed by atoms with Crippen molar-refractivity contribution >= 4 is 5.91 Å². The molecule has 0 saturated carbocycles. The Balaban J connectivity index is 2.88. The summed E-state index contributed by atoms with van der Waals surface area (Å²) in [5.41, 5.74) is 1.87. The molecule has 0 fully saturated rings. The summed E-state index contributed by atoms with van der Waals surface area (Å²) in [5, 5.41) is 16.2. The summed E-state index contributed by atoms with van der Waals surface area (Å²) in [6, 6.07) is 3.72. The first-order valence-electron chi connectivity index (χ1n) is 4.99. The zero-order valence-corrected chi connectivity index (χ0v) is 9.69. The smallest absolute Gasteiger partial charge is 0.255 e. The van der Waals surface area contributed by atoms with Crippen LogP contribution in [-0.2, 0) is 0 Å². The molecule has 1 aromatic rings. The third kappa shape index (κ3) is 2.76. The van der Waals surface area contributed by atoms with Gasteiger partial charge in [-0.3, -0.25) is 4.79 Å². The molecule has 0 radical (unpaired) electrons. The second-order valence-corrected chi connectivity index (χ2v) is 3.62. The molecule has 16 heavy (non-hydrogen) atoms. The molecule has 5 nitrogen and oxygen atoms in total. The third-order valence-electron chi connectivity index (χ3n) is 2.24. The predicted octanol–water partition coefficient (Wildman–Crippen LogP) is 1.08. The molecule has 0 aliphatic rings. The maximum Gasteiger partial charge on any atom is 0.255 e. The molecular formula is C11H14N4O. The van der Waals surface area contributed by atoms with Gasteiger partial charge in [0.2, 0.25) is 0 Å². The van der Waals surface area contributed by atoms with E-state index in [1.54, 1.807) is 27.0 Å². The molecule has 1 rings (SSSR count). The minimum Gasteiger partial charge on any atom is -0.341 e. The number of nitriles is 1. The van der Waals surface area contributed by atoms with Crippen LogP contribution < -0.4 is 0 Å². The number of nitrogens with zero attached hydrogens (tertiary/aromatic N) is 4. The van der Waals surface area contributed by atoms with Crippen LogP contribution in [0, 0.1) is 25.2 Å². The molecule has 0 aliphatic heterocycles. The van der Waals surface area contributed by atoms with Gasteiger partial charge >= 0.3 is 0 Å². The zero-order chi connectivity index (χ0) is 12.1. The summed E-state index contributed by atoms with van der Waals surface area (Å²) in [5.74, 6) is -0.120. The summed E-state index contributed by atoms with van der Waals surface area (Å²) in [6.45, 7) is 3.96. The Hall–Kier alpha value is -1.96. The van der Waals surface area contributed by atoms with E-state index in [0.29, 0.717) is 29.9 Å². The monoisotopic (exact) mass is 218 g/mol. The Kier molecular flexibility index (Phi) is 3.95. The first-order chi connectivity index (χ1) is 7.56. The van der Waals surface area contributed by atoms with Crippen LogP contribution in [0.5, 0.6) is 0 Å². The van der Waals surface area contributed by atoms with E-state index < -0.39 is 0 Å². The minimum absolute atomic E-state index is 0.120. The number of carbonyl (C=O) groups is 1. The Morgan fingerprint density at radius 3 is 2.81 bits per heavy atom. The lowest BCUT2D eigenvalue weighted by atomic mass is 10.1. The van der Waals surface area contributed by atoms with Crippen molar-refractivity contribution in [3.63, 3.8) is 0 Å². The van der Waals surface area contributed by atoms with Crippen molar-refractivity contribution in [2.24, 2.45) is 0 Å². The van der Waals surface area contributed by atoms with Crippen molar-refractivity contribution in [3.8, 4) is 6.07 Å². The van der Waals surface area contributed by atoms with Crippen molar-refractivity contribution in [2.45, 2.75) is 20.3 Å². The van der Waals surface area contributed by atoms with Crippen molar-refractivity contribution in [1.82, 2.24) is 15.1 Å². The average molecular weight is 218 g/mol. The Morgan fingerprint density at radius 2 is 2.19 bits per heavy atom. The molecule has 84 valence electrons. The largest absolute Gasteiger partial charge is 0.341 e. The fourth-order valence-corrected chi connectivity index (χ4v) is 1.29. The van der Waals surface area contributed by atoms with E-state index >= 15 is 0 Å². The van der Waals surface area contributed by atoms with E-state index in [-0.39, 0.29) is 5.91 Å². The van der Waals surface area contributed by atoms with E-state index in [1.165, 1.54) is 4.90 Å². The Morgan fingerprint density at radius 1 is 1.50 bits per heavy atom. The highest BCUT2D eigenvalue weighted by atomic mass is 16.2. The van der Waals surface area contributed by atoms with Gasteiger partial charge in [0.1, 0.15) is 0 Å². The number of aromatic nitrogens is 2. The molecule has 0 aliphatic carbocycles. The van der Waals surface area contributed by atoms with Crippen LogP contribution in [0.2, 0.25) is 0 Å². The molecule has 0 atom stereocenters. The van der Waals surface area contributed by atoms with E-state index in [9.17, 15) is 4.79 Å². The number of carbonyl (C=O) groups excluding carboxylic acids is 1. The van der Waals surface area contributed by atoms with E-state index in [2.05, 4.69) is 10.2 Å². The first kappa shape index (κ1) is 12.1. The van der Waals surface area contributed by atoms with Crippen molar-refractivity contribution in [3.05, 3.63) is 23.0 Å². The quantitative estimate of drug-likeness (QED) is 0.761. The summed E-state index contributed by atoms with van der Waals surface area (Å²) >= 11 is 0. The molecular weight excluding hydrogens is 204 g/mol. The lowest BCUT2D eigenvalue weighted by Gasteiger charge is -2.16. The van der Waals surface area contributed by atoms with E-state index in [0.717, 1.165) is 0 Å². The summed E-state index contributed by atoms with van der Waals surface area (Å²) < 4.78 is 0. The molecule has 1 aromatic heterocycles. The van der Waals surface area contributed by atoms with Crippen LogP contribution in [0.25, 0.3) is 0 Å². The summed E-state index contributed by atoms with van der Waals surface area (Å²) in [4.78, 5) is 13.5. The van der Waals surface area contributed by atoms with Crippen molar-refractivity contribution in [1.29, 1.82) is 5.26 Å². The van der Waals surface area contributed by atoms with Gasteiger partial charge in [-0.05, 0) is 19.9 Å². The van der Waals surface area contributed by atoms with Crippen LogP contribution >= 0.6 is 0 Å². The molecule has 0 unspecified atom stereocenters. The maximum atomic E-state index is 12.0. The number of rotatable bonds is 3. The van der Waals surface area contributed by atoms with Gasteiger partial charge in [-0.25, -0.2) is 0 Å². The fourth-order valence-electron chi connectivity index (χ4n) is 1.29. The van der Waals surface area contributed by atoms with Gasteiger partial charge in [-0.15, -0.1) is 0 Å². The Labute approximate surface area is 94.7 Å². The molecule has 0 aromatic carbocycles. The highest BCUT2D eigenvalue weighted by Crippen LogP contribution is 2.08. The molecule has 0 N–H and O–H groups in total. The van der Waals surface area contributed by atoms with Gasteiger partial charge in [0.25, 0.3) is 5.91 Å². The van der Waals surface area contributed by atoms with Gasteiger partial charge in [-0.2, -0.15) is 15.5 Å². The molecule has 5 heteroatoms. The van der Waals surface area contributed by atoms with Gasteiger partial charge in [-0.1, -0.05) is 0 Å². The summed E-state index contributed by atoms with van der Waals surface area (Å²) in [7, 11) is 1.68. The highest BCUT2D eigenvalue weighted by molar-refractivity contribution is 5.95. The van der Waals surface area contributed by atoms with Gasteiger partial charge in [0.15, 0.2) is 0 Å². The van der Waals surface area contributed by atoms with Crippen LogP contribution in [-0.4, -0.2) is 34.6 Å². The zero-order valence-electron chi connectivity index (χ0n) is 9.69. The standard InChI is InChI=1S/C11H14N4O/c1-8-7-10(9(2)14-13-8)11(16)15(3)6-4-5-12/h7H,4,6H2,1-3H3. The molecule has 1 heterocycles. The van der Waals surface area contributed by atoms with Crippen molar-refractivity contribution < 1.29 is 4.79 Å². The Bertz CT molecular complexity index is 436. The normalized spacial score (nSPS) is 9.62. The highest BCUT2D eigenvalue weighted by Gasteiger charge is 2.15. The van der Waals surface area contributed by atoms with Crippen LogP contribution in [0.3, 0.4) is 0 Å². The van der Waals surface area contributed by atoms with Gasteiger partial charge < -0.3 is 4.90 Å². The topological polar surface area (TPSA) is 69.9 Å². The SMILES string of the molecule is Cc1cc(C(=O)N(C)CCC#N)c(C)nn1. The molecule has 0 spiro atoms. The van der Waals surface area contributed by atoms with Crippen LogP contribution in [0.1, 0.15) is 28.2 Å². The lowest BCUT2D eigenvalue weighted by molar-refractivity contribution is 0.0796. The fraction of sp³-hybridized carbons (Fsp3) is 0.455. The average Bonchev–Trinajstić information content (AvgIpc) is 2.28. The maximum absolute atomic E-state index is 12.0. The van der Waals surface area contributed by atoms with Crippen LogP contribution in [0.15, 0.2) is 6.07 Å². The number of hydrogen-bond acceptors (Lipinski definition) is 4. The number of aryl methyl sites for hydroxylation is 2. The second-order valence-electron chi connectivity index (χ2n) is 3.62. The third-order valence-corrected chi connectivity index (χ3v) is 2.24. The lowest BCUT2D eigenvalue weighted by Crippen LogP contribution is -2.28. The van der Waals surface area contributed by atoms with Gasteiger partial charge in [0.05, 0.1) is 29.4 Å². The number of hydrogen-bond donors (Lipinski definition) is 0. The number of amides is 1.